The summed E-state index contributed by atoms with van der Waals surface area (Å²) in [5.41, 5.74) is 0. The van der Waals surface area contributed by atoms with E-state index in [1.807, 2.05) is 0 Å². The van der Waals surface area contributed by atoms with Crippen molar-refractivity contribution in [2.75, 3.05) is 13.2 Å². The molecule has 1 saturated heterocycles. The van der Waals surface area contributed by atoms with Gasteiger partial charge in [0.05, 0.1) is 6.61 Å². The van der Waals surface area contributed by atoms with Crippen molar-refractivity contribution in [2.24, 2.45) is 5.92 Å². The van der Waals surface area contributed by atoms with Crippen LogP contribution in [0.4, 0.5) is 0 Å². The highest BCUT2D eigenvalue weighted by molar-refractivity contribution is 7.10. The van der Waals surface area contributed by atoms with Gasteiger partial charge in [-0.2, -0.15) is 0 Å². The van der Waals surface area contributed by atoms with E-state index in [0.717, 1.165) is 13.2 Å². The van der Waals surface area contributed by atoms with Gasteiger partial charge in [0.25, 0.3) is 0 Å². The van der Waals surface area contributed by atoms with Crippen molar-refractivity contribution in [3.8, 4) is 0 Å². The summed E-state index contributed by atoms with van der Waals surface area (Å²) in [4.78, 5) is 1.33. The number of nitrogens with one attached hydrogen (secondary N) is 1. The molecule has 1 aromatic heterocycles. The second kappa shape index (κ2) is 4.43. The largest absolute Gasteiger partial charge is 0.370 e. The number of morpholine rings is 1. The molecule has 0 saturated carbocycles. The normalized spacial score (nSPS) is 28.2. The van der Waals surface area contributed by atoms with E-state index in [9.17, 15) is 0 Å². The molecule has 0 amide bonds. The molecule has 0 aromatic carbocycles. The zero-order chi connectivity index (χ0) is 9.97. The maximum absolute atomic E-state index is 5.84. The molecule has 1 N–H and O–H groups in total. The monoisotopic (exact) mass is 211 g/mol. The van der Waals surface area contributed by atoms with Gasteiger partial charge in [-0.3, -0.25) is 0 Å². The zero-order valence-corrected chi connectivity index (χ0v) is 9.51. The summed E-state index contributed by atoms with van der Waals surface area (Å²) in [5, 5.41) is 5.64. The summed E-state index contributed by atoms with van der Waals surface area (Å²) in [7, 11) is 0. The molecule has 3 heteroatoms. The van der Waals surface area contributed by atoms with Gasteiger partial charge in [-0.25, -0.2) is 0 Å². The van der Waals surface area contributed by atoms with Crippen molar-refractivity contribution >= 4 is 11.3 Å². The number of ether oxygens (including phenoxy) is 1. The van der Waals surface area contributed by atoms with Crippen LogP contribution in [0.1, 0.15) is 24.8 Å². The number of hydrogen-bond donors (Lipinski definition) is 1. The van der Waals surface area contributed by atoms with E-state index in [4.69, 9.17) is 4.74 Å². The lowest BCUT2D eigenvalue weighted by atomic mass is 10.0. The molecule has 0 spiro atoms. The first-order valence-electron chi connectivity index (χ1n) is 5.15. The van der Waals surface area contributed by atoms with Gasteiger partial charge in [-0.15, -0.1) is 11.3 Å². The topological polar surface area (TPSA) is 21.3 Å². The van der Waals surface area contributed by atoms with Gasteiger partial charge in [0.15, 0.2) is 0 Å². The van der Waals surface area contributed by atoms with E-state index in [1.165, 1.54) is 4.88 Å². The molecule has 2 atom stereocenters. The number of thiophene rings is 1. The van der Waals surface area contributed by atoms with E-state index in [-0.39, 0.29) is 6.10 Å². The van der Waals surface area contributed by atoms with Crippen LogP contribution in [0.15, 0.2) is 17.5 Å². The lowest BCUT2D eigenvalue weighted by molar-refractivity contribution is -0.00520. The SMILES string of the molecule is CC(C)C1COC(c2cccs2)CN1. The predicted molar refractivity (Wildman–Crippen MR) is 59.6 cm³/mol. The third kappa shape index (κ3) is 2.16. The van der Waals surface area contributed by atoms with E-state index < -0.39 is 0 Å². The van der Waals surface area contributed by atoms with Crippen molar-refractivity contribution in [2.45, 2.75) is 26.0 Å². The Balaban J connectivity index is 1.90. The van der Waals surface area contributed by atoms with Crippen LogP contribution in [0.25, 0.3) is 0 Å². The molecule has 1 fully saturated rings. The molecule has 1 aromatic rings. The summed E-state index contributed by atoms with van der Waals surface area (Å²) in [6.45, 7) is 6.24. The third-order valence-corrected chi connectivity index (χ3v) is 3.67. The van der Waals surface area contributed by atoms with Crippen LogP contribution in [-0.2, 0) is 4.74 Å². The fraction of sp³-hybridized carbons (Fsp3) is 0.636. The summed E-state index contributed by atoms with van der Waals surface area (Å²) in [6.07, 6.45) is 0.269. The van der Waals surface area contributed by atoms with Gasteiger partial charge in [-0.1, -0.05) is 19.9 Å². The smallest absolute Gasteiger partial charge is 0.104 e. The average molecular weight is 211 g/mol. The van der Waals surface area contributed by atoms with Crippen molar-refractivity contribution in [3.63, 3.8) is 0 Å². The molecule has 2 nitrogen and oxygen atoms in total. The minimum atomic E-state index is 0.269. The van der Waals surface area contributed by atoms with E-state index >= 15 is 0 Å². The first-order valence-corrected chi connectivity index (χ1v) is 6.03. The molecule has 1 aliphatic heterocycles. The Morgan fingerprint density at radius 1 is 1.57 bits per heavy atom. The van der Waals surface area contributed by atoms with Crippen LogP contribution >= 0.6 is 11.3 Å². The highest BCUT2D eigenvalue weighted by Crippen LogP contribution is 2.25. The second-order valence-corrected chi connectivity index (χ2v) is 5.08. The molecule has 0 radical (unpaired) electrons. The Morgan fingerprint density at radius 3 is 2.93 bits per heavy atom. The average Bonchev–Trinajstić information content (AvgIpc) is 2.71. The first-order chi connectivity index (χ1) is 6.77. The predicted octanol–water partition coefficient (Wildman–Crippen LogP) is 2.43. The molecule has 2 unspecified atom stereocenters. The highest BCUT2D eigenvalue weighted by atomic mass is 32.1. The quantitative estimate of drug-likeness (QED) is 0.811. The lowest BCUT2D eigenvalue weighted by Gasteiger charge is -2.32. The van der Waals surface area contributed by atoms with Crippen LogP contribution in [0, 0.1) is 5.92 Å². The van der Waals surface area contributed by atoms with Gasteiger partial charge in [-0.05, 0) is 17.4 Å². The minimum Gasteiger partial charge on any atom is -0.370 e. The minimum absolute atomic E-state index is 0.269. The van der Waals surface area contributed by atoms with Crippen LogP contribution in [0.5, 0.6) is 0 Å². The van der Waals surface area contributed by atoms with Gasteiger partial charge >= 0.3 is 0 Å². The van der Waals surface area contributed by atoms with E-state index in [0.29, 0.717) is 12.0 Å². The fourth-order valence-corrected chi connectivity index (χ4v) is 2.46. The summed E-state index contributed by atoms with van der Waals surface area (Å²) in [6, 6.07) is 4.75. The Bertz CT molecular complexity index is 263. The summed E-state index contributed by atoms with van der Waals surface area (Å²) < 4.78 is 5.84. The molecule has 0 bridgehead atoms. The summed E-state index contributed by atoms with van der Waals surface area (Å²) >= 11 is 1.77. The Labute approximate surface area is 89.3 Å². The number of rotatable bonds is 2. The molecule has 14 heavy (non-hydrogen) atoms. The Hall–Kier alpha value is -0.380. The van der Waals surface area contributed by atoms with Crippen molar-refractivity contribution in [1.29, 1.82) is 0 Å². The first kappa shape index (κ1) is 10.1. The molecule has 2 heterocycles. The van der Waals surface area contributed by atoms with Crippen molar-refractivity contribution < 1.29 is 4.74 Å². The summed E-state index contributed by atoms with van der Waals surface area (Å²) in [5.74, 6) is 0.652. The molecular weight excluding hydrogens is 194 g/mol. The second-order valence-electron chi connectivity index (χ2n) is 4.10. The van der Waals surface area contributed by atoms with Gasteiger partial charge in [0, 0.05) is 17.5 Å². The molecule has 2 rings (SSSR count). The number of hydrogen-bond acceptors (Lipinski definition) is 3. The molecular formula is C11H17NOS. The third-order valence-electron chi connectivity index (χ3n) is 2.71. The zero-order valence-electron chi connectivity index (χ0n) is 8.69. The van der Waals surface area contributed by atoms with Gasteiger partial charge < -0.3 is 10.1 Å². The van der Waals surface area contributed by atoms with Crippen LogP contribution in [0.3, 0.4) is 0 Å². The van der Waals surface area contributed by atoms with Crippen LogP contribution in [0.2, 0.25) is 0 Å². The van der Waals surface area contributed by atoms with Crippen molar-refractivity contribution in [3.05, 3.63) is 22.4 Å². The Kier molecular flexibility index (Phi) is 3.21. The maximum Gasteiger partial charge on any atom is 0.104 e. The van der Waals surface area contributed by atoms with E-state index in [1.54, 1.807) is 11.3 Å². The van der Waals surface area contributed by atoms with Crippen LogP contribution in [-0.4, -0.2) is 19.2 Å². The van der Waals surface area contributed by atoms with Crippen LogP contribution < -0.4 is 5.32 Å². The van der Waals surface area contributed by atoms with E-state index in [2.05, 4.69) is 36.7 Å². The molecule has 1 aliphatic rings. The Morgan fingerprint density at radius 2 is 2.43 bits per heavy atom. The van der Waals surface area contributed by atoms with Gasteiger partial charge in [0.1, 0.15) is 6.10 Å². The highest BCUT2D eigenvalue weighted by Gasteiger charge is 2.24. The maximum atomic E-state index is 5.84. The molecule has 0 aliphatic carbocycles. The van der Waals surface area contributed by atoms with Gasteiger partial charge in [0.2, 0.25) is 0 Å². The lowest BCUT2D eigenvalue weighted by Crippen LogP contribution is -2.45. The molecule has 78 valence electrons. The fourth-order valence-electron chi connectivity index (χ4n) is 1.68. The van der Waals surface area contributed by atoms with Crippen molar-refractivity contribution in [1.82, 2.24) is 5.32 Å². The standard InChI is InChI=1S/C11H17NOS/c1-8(2)9-7-13-10(6-12-9)11-4-3-5-14-11/h3-5,8-10,12H,6-7H2,1-2H3.